The van der Waals surface area contributed by atoms with E-state index in [0.717, 1.165) is 26.1 Å². The summed E-state index contributed by atoms with van der Waals surface area (Å²) in [4.78, 5) is 14.9. The molecule has 7 heteroatoms. The van der Waals surface area contributed by atoms with Crippen LogP contribution in [0.3, 0.4) is 0 Å². The summed E-state index contributed by atoms with van der Waals surface area (Å²) in [6.07, 6.45) is 2.37. The highest BCUT2D eigenvalue weighted by molar-refractivity contribution is 5.33. The van der Waals surface area contributed by atoms with Crippen LogP contribution in [0.25, 0.3) is 0 Å². The number of aromatic nitrogens is 3. The van der Waals surface area contributed by atoms with Gasteiger partial charge in [0.25, 0.3) is 0 Å². The van der Waals surface area contributed by atoms with Crippen molar-refractivity contribution in [3.05, 3.63) is 0 Å². The Bertz CT molecular complexity index is 433. The summed E-state index contributed by atoms with van der Waals surface area (Å²) in [5, 5.41) is 3.50. The molecule has 1 N–H and O–H groups in total. The number of anilines is 1. The Balaban J connectivity index is 2.06. The number of methoxy groups -OCH3 is 2. The number of hydrogen-bond donors (Lipinski definition) is 1. The summed E-state index contributed by atoms with van der Waals surface area (Å²) in [7, 11) is 3.09. The van der Waals surface area contributed by atoms with Gasteiger partial charge in [-0.05, 0) is 25.3 Å². The van der Waals surface area contributed by atoms with E-state index >= 15 is 0 Å². The zero-order chi connectivity index (χ0) is 15.2. The van der Waals surface area contributed by atoms with Crippen LogP contribution < -0.4 is 19.7 Å². The third-order valence-corrected chi connectivity index (χ3v) is 3.56. The summed E-state index contributed by atoms with van der Waals surface area (Å²) in [5.74, 6) is 1.24. The summed E-state index contributed by atoms with van der Waals surface area (Å²) in [6.45, 7) is 7.25. The summed E-state index contributed by atoms with van der Waals surface area (Å²) < 4.78 is 10.2. The molecule has 2 heterocycles. The zero-order valence-electron chi connectivity index (χ0n) is 13.3. The lowest BCUT2D eigenvalue weighted by molar-refractivity contribution is 0.335. The highest BCUT2D eigenvalue weighted by Gasteiger charge is 2.23. The zero-order valence-corrected chi connectivity index (χ0v) is 13.3. The molecule has 0 bridgehead atoms. The van der Waals surface area contributed by atoms with Gasteiger partial charge in [0.1, 0.15) is 0 Å². The van der Waals surface area contributed by atoms with E-state index in [1.165, 1.54) is 6.42 Å². The van der Waals surface area contributed by atoms with Crippen molar-refractivity contribution >= 4 is 5.95 Å². The van der Waals surface area contributed by atoms with Crippen molar-refractivity contribution in [2.45, 2.75) is 32.7 Å². The molecule has 1 aromatic heterocycles. The number of nitrogens with one attached hydrogen (secondary N) is 1. The second kappa shape index (κ2) is 7.40. The highest BCUT2D eigenvalue weighted by Crippen LogP contribution is 2.22. The van der Waals surface area contributed by atoms with E-state index in [4.69, 9.17) is 9.47 Å². The summed E-state index contributed by atoms with van der Waals surface area (Å²) >= 11 is 0. The Morgan fingerprint density at radius 1 is 1.19 bits per heavy atom. The van der Waals surface area contributed by atoms with Crippen LogP contribution >= 0.6 is 0 Å². The van der Waals surface area contributed by atoms with Crippen LogP contribution in [0.1, 0.15) is 26.7 Å². The van der Waals surface area contributed by atoms with Gasteiger partial charge in [-0.15, -0.1) is 4.98 Å². The quantitative estimate of drug-likeness (QED) is 0.842. The van der Waals surface area contributed by atoms with E-state index < -0.39 is 0 Å². The largest absolute Gasteiger partial charge is 0.467 e. The van der Waals surface area contributed by atoms with E-state index in [0.29, 0.717) is 29.9 Å². The minimum Gasteiger partial charge on any atom is -0.467 e. The SMILES string of the molecule is COc1nc(OC)nc(N2CCCC(CNC(C)C)C2)n1. The van der Waals surface area contributed by atoms with Gasteiger partial charge >= 0.3 is 12.0 Å². The van der Waals surface area contributed by atoms with Crippen molar-refractivity contribution in [1.29, 1.82) is 0 Å². The second-order valence-corrected chi connectivity index (χ2v) is 5.63. The van der Waals surface area contributed by atoms with Gasteiger partial charge in [0.05, 0.1) is 14.2 Å². The molecule has 7 nitrogen and oxygen atoms in total. The van der Waals surface area contributed by atoms with Crippen molar-refractivity contribution in [3.8, 4) is 12.0 Å². The fourth-order valence-corrected chi connectivity index (χ4v) is 2.47. The van der Waals surface area contributed by atoms with Gasteiger partial charge < -0.3 is 19.7 Å². The fraction of sp³-hybridized carbons (Fsp3) is 0.786. The molecule has 21 heavy (non-hydrogen) atoms. The van der Waals surface area contributed by atoms with Crippen LogP contribution in [-0.2, 0) is 0 Å². The molecule has 1 atom stereocenters. The molecule has 0 saturated carbocycles. The van der Waals surface area contributed by atoms with Crippen LogP contribution in [-0.4, -0.2) is 54.8 Å². The molecule has 0 amide bonds. The molecule has 1 unspecified atom stereocenters. The minimum absolute atomic E-state index is 0.291. The first-order valence-corrected chi connectivity index (χ1v) is 7.44. The van der Waals surface area contributed by atoms with Crippen LogP contribution in [0.5, 0.6) is 12.0 Å². The Morgan fingerprint density at radius 2 is 1.86 bits per heavy atom. The first-order chi connectivity index (χ1) is 10.1. The van der Waals surface area contributed by atoms with Gasteiger partial charge in [-0.3, -0.25) is 0 Å². The fourth-order valence-electron chi connectivity index (χ4n) is 2.47. The first-order valence-electron chi connectivity index (χ1n) is 7.44. The van der Waals surface area contributed by atoms with E-state index in [1.807, 2.05) is 0 Å². The van der Waals surface area contributed by atoms with Crippen LogP contribution in [0.2, 0.25) is 0 Å². The standard InChI is InChI=1S/C14H25N5O2/c1-10(2)15-8-11-6-5-7-19(9-11)12-16-13(20-3)18-14(17-12)21-4/h10-11,15H,5-9H2,1-4H3. The monoisotopic (exact) mass is 295 g/mol. The molecule has 0 aromatic carbocycles. The number of piperidine rings is 1. The van der Waals surface area contributed by atoms with Gasteiger partial charge in [0, 0.05) is 19.1 Å². The van der Waals surface area contributed by atoms with E-state index in [-0.39, 0.29) is 0 Å². The summed E-state index contributed by atoms with van der Waals surface area (Å²) in [6, 6.07) is 1.09. The summed E-state index contributed by atoms with van der Waals surface area (Å²) in [5.41, 5.74) is 0. The van der Waals surface area contributed by atoms with Crippen LogP contribution in [0.15, 0.2) is 0 Å². The molecule has 0 aliphatic carbocycles. The maximum atomic E-state index is 5.11. The van der Waals surface area contributed by atoms with Crippen LogP contribution in [0, 0.1) is 5.92 Å². The van der Waals surface area contributed by atoms with Crippen molar-refractivity contribution < 1.29 is 9.47 Å². The molecule has 0 spiro atoms. The first kappa shape index (κ1) is 15.8. The van der Waals surface area contributed by atoms with Crippen molar-refractivity contribution in [2.24, 2.45) is 5.92 Å². The van der Waals surface area contributed by atoms with Gasteiger partial charge in [-0.2, -0.15) is 9.97 Å². The number of ether oxygens (including phenoxy) is 2. The molecule has 1 aromatic rings. The average Bonchev–Trinajstić information content (AvgIpc) is 2.52. The maximum absolute atomic E-state index is 5.11. The van der Waals surface area contributed by atoms with Gasteiger partial charge in [0.2, 0.25) is 5.95 Å². The molecule has 118 valence electrons. The van der Waals surface area contributed by atoms with E-state index in [1.54, 1.807) is 14.2 Å². The van der Waals surface area contributed by atoms with Crippen molar-refractivity contribution in [3.63, 3.8) is 0 Å². The number of nitrogens with zero attached hydrogens (tertiary/aromatic N) is 4. The molecule has 1 fully saturated rings. The van der Waals surface area contributed by atoms with Crippen molar-refractivity contribution in [1.82, 2.24) is 20.3 Å². The number of hydrogen-bond acceptors (Lipinski definition) is 7. The average molecular weight is 295 g/mol. The number of rotatable bonds is 6. The molecular formula is C14H25N5O2. The van der Waals surface area contributed by atoms with Gasteiger partial charge in [-0.25, -0.2) is 0 Å². The Morgan fingerprint density at radius 3 is 2.43 bits per heavy atom. The maximum Gasteiger partial charge on any atom is 0.324 e. The lowest BCUT2D eigenvalue weighted by atomic mass is 9.98. The molecule has 1 saturated heterocycles. The highest BCUT2D eigenvalue weighted by atomic mass is 16.5. The molecule has 2 rings (SSSR count). The third kappa shape index (κ3) is 4.42. The van der Waals surface area contributed by atoms with E-state index in [9.17, 15) is 0 Å². The smallest absolute Gasteiger partial charge is 0.324 e. The normalized spacial score (nSPS) is 18.9. The topological polar surface area (TPSA) is 72.4 Å². The molecule has 1 aliphatic rings. The molecule has 0 radical (unpaired) electrons. The van der Waals surface area contributed by atoms with Crippen molar-refractivity contribution in [2.75, 3.05) is 38.8 Å². The Labute approximate surface area is 126 Å². The van der Waals surface area contributed by atoms with Crippen LogP contribution in [0.4, 0.5) is 5.95 Å². The van der Waals surface area contributed by atoms with Gasteiger partial charge in [0.15, 0.2) is 0 Å². The predicted octanol–water partition coefficient (Wildman–Crippen LogP) is 1.10. The molecule has 1 aliphatic heterocycles. The van der Waals surface area contributed by atoms with Gasteiger partial charge in [-0.1, -0.05) is 13.8 Å². The lowest BCUT2D eigenvalue weighted by Crippen LogP contribution is -2.41. The minimum atomic E-state index is 0.291. The second-order valence-electron chi connectivity index (χ2n) is 5.63. The lowest BCUT2D eigenvalue weighted by Gasteiger charge is -2.33. The Hall–Kier alpha value is -1.63. The Kier molecular flexibility index (Phi) is 5.55. The van der Waals surface area contributed by atoms with E-state index in [2.05, 4.69) is 39.0 Å². The predicted molar refractivity (Wildman–Crippen MR) is 81.0 cm³/mol. The molecular weight excluding hydrogens is 270 g/mol. The third-order valence-electron chi connectivity index (χ3n) is 3.56.